The molecule has 0 radical (unpaired) electrons. The summed E-state index contributed by atoms with van der Waals surface area (Å²) in [5.41, 5.74) is 1.60. The van der Waals surface area contributed by atoms with Crippen LogP contribution in [0.2, 0.25) is 0 Å². The first-order valence-corrected chi connectivity index (χ1v) is 7.02. The van der Waals surface area contributed by atoms with Crippen LogP contribution >= 0.6 is 0 Å². The van der Waals surface area contributed by atoms with Gasteiger partial charge >= 0.3 is 6.03 Å². The molecule has 0 saturated carbocycles. The number of Topliss-reactive ketones (excluding diaryl/α,β-unsaturated/α-hetero) is 1. The Labute approximate surface area is 134 Å². The minimum absolute atomic E-state index is 0.142. The van der Waals surface area contributed by atoms with Crippen molar-refractivity contribution in [2.75, 3.05) is 21.3 Å². The second-order valence-electron chi connectivity index (χ2n) is 5.08. The van der Waals surface area contributed by atoms with Gasteiger partial charge in [-0.1, -0.05) is 0 Å². The summed E-state index contributed by atoms with van der Waals surface area (Å²) in [5.74, 6) is 1.33. The second-order valence-corrected chi connectivity index (χ2v) is 5.08. The number of rotatable bonds is 5. The van der Waals surface area contributed by atoms with Gasteiger partial charge in [-0.15, -0.1) is 0 Å². The van der Waals surface area contributed by atoms with Crippen molar-refractivity contribution in [1.29, 1.82) is 0 Å². The average Bonchev–Trinajstić information content (AvgIpc) is 2.52. The summed E-state index contributed by atoms with van der Waals surface area (Å²) in [7, 11) is 4.55. The lowest BCUT2D eigenvalue weighted by Gasteiger charge is -2.29. The molecule has 0 aliphatic carbocycles. The third-order valence-electron chi connectivity index (χ3n) is 3.70. The van der Waals surface area contributed by atoms with E-state index in [0.29, 0.717) is 34.1 Å². The van der Waals surface area contributed by atoms with Gasteiger partial charge in [-0.2, -0.15) is 0 Å². The normalized spacial score (nSPS) is 17.3. The zero-order chi connectivity index (χ0) is 17.1. The van der Waals surface area contributed by atoms with E-state index in [-0.39, 0.29) is 11.8 Å². The number of urea groups is 1. The molecule has 0 spiro atoms. The summed E-state index contributed by atoms with van der Waals surface area (Å²) < 4.78 is 16.0. The lowest BCUT2D eigenvalue weighted by Crippen LogP contribution is -2.44. The highest BCUT2D eigenvalue weighted by molar-refractivity contribution is 5.98. The summed E-state index contributed by atoms with van der Waals surface area (Å²) in [6.45, 7) is 3.15. The number of carbonyl (C=O) groups excluding carboxylic acids is 2. The van der Waals surface area contributed by atoms with Crippen LogP contribution in [0, 0.1) is 0 Å². The SMILES string of the molecule is COc1cc(OC)c(C2NC(=O)NC(C)=C2C(C)=O)cc1OC. The molecule has 7 nitrogen and oxygen atoms in total. The molecule has 0 bridgehead atoms. The maximum atomic E-state index is 12.0. The maximum Gasteiger partial charge on any atom is 0.319 e. The van der Waals surface area contributed by atoms with Crippen molar-refractivity contribution in [3.63, 3.8) is 0 Å². The molecule has 0 saturated heterocycles. The lowest BCUT2D eigenvalue weighted by molar-refractivity contribution is -0.114. The van der Waals surface area contributed by atoms with Gasteiger partial charge in [0, 0.05) is 22.9 Å². The number of methoxy groups -OCH3 is 3. The summed E-state index contributed by atoms with van der Waals surface area (Å²) in [6.07, 6.45) is 0. The van der Waals surface area contributed by atoms with E-state index in [0.717, 1.165) is 0 Å². The highest BCUT2D eigenvalue weighted by Crippen LogP contribution is 2.40. The highest BCUT2D eigenvalue weighted by atomic mass is 16.5. The van der Waals surface area contributed by atoms with Crippen molar-refractivity contribution in [3.8, 4) is 17.2 Å². The van der Waals surface area contributed by atoms with Crippen molar-refractivity contribution < 1.29 is 23.8 Å². The molecular formula is C16H20N2O5. The second kappa shape index (κ2) is 6.60. The monoisotopic (exact) mass is 320 g/mol. The predicted molar refractivity (Wildman–Crippen MR) is 83.9 cm³/mol. The van der Waals surface area contributed by atoms with Crippen LogP contribution in [0.3, 0.4) is 0 Å². The summed E-state index contributed by atoms with van der Waals surface area (Å²) in [5, 5.41) is 5.36. The summed E-state index contributed by atoms with van der Waals surface area (Å²) in [6, 6.07) is 2.35. The molecule has 1 heterocycles. The standard InChI is InChI=1S/C16H20N2O5/c1-8-14(9(2)19)15(18-16(20)17-8)10-6-12(22-4)13(23-5)7-11(10)21-3/h6-7,15H,1-5H3,(H2,17,18,20). The minimum Gasteiger partial charge on any atom is -0.496 e. The number of ketones is 1. The van der Waals surface area contributed by atoms with Gasteiger partial charge in [0.15, 0.2) is 17.3 Å². The number of hydrogen-bond acceptors (Lipinski definition) is 5. The number of allylic oxidation sites excluding steroid dienone is 1. The lowest BCUT2D eigenvalue weighted by atomic mass is 9.92. The third kappa shape index (κ3) is 3.08. The predicted octanol–water partition coefficient (Wildman–Crippen LogP) is 1.93. The van der Waals surface area contributed by atoms with E-state index in [9.17, 15) is 9.59 Å². The Balaban J connectivity index is 2.65. The number of nitrogens with one attached hydrogen (secondary N) is 2. The number of benzene rings is 1. The van der Waals surface area contributed by atoms with E-state index in [1.165, 1.54) is 28.3 Å². The molecule has 124 valence electrons. The van der Waals surface area contributed by atoms with Crippen molar-refractivity contribution >= 4 is 11.8 Å². The Morgan fingerprint density at radius 3 is 2.13 bits per heavy atom. The largest absolute Gasteiger partial charge is 0.496 e. The van der Waals surface area contributed by atoms with Crippen molar-refractivity contribution in [2.24, 2.45) is 0 Å². The van der Waals surface area contributed by atoms with Crippen LogP contribution in [-0.2, 0) is 4.79 Å². The smallest absolute Gasteiger partial charge is 0.319 e. The fourth-order valence-electron chi connectivity index (χ4n) is 2.67. The molecule has 0 aromatic heterocycles. The zero-order valence-corrected chi connectivity index (χ0v) is 13.8. The molecule has 2 rings (SSSR count). The van der Waals surface area contributed by atoms with Crippen LogP contribution in [0.1, 0.15) is 25.5 Å². The van der Waals surface area contributed by atoms with Crippen LogP contribution in [0.5, 0.6) is 17.2 Å². The van der Waals surface area contributed by atoms with Gasteiger partial charge in [0.25, 0.3) is 0 Å². The first-order chi connectivity index (χ1) is 10.9. The van der Waals surface area contributed by atoms with Gasteiger partial charge in [-0.3, -0.25) is 4.79 Å². The summed E-state index contributed by atoms with van der Waals surface area (Å²) in [4.78, 5) is 23.9. The Kier molecular flexibility index (Phi) is 4.78. The van der Waals surface area contributed by atoms with Crippen LogP contribution in [0.4, 0.5) is 4.79 Å². The Morgan fingerprint density at radius 2 is 1.61 bits per heavy atom. The first kappa shape index (κ1) is 16.7. The van der Waals surface area contributed by atoms with Crippen molar-refractivity contribution in [2.45, 2.75) is 19.9 Å². The van der Waals surface area contributed by atoms with E-state index >= 15 is 0 Å². The third-order valence-corrected chi connectivity index (χ3v) is 3.70. The topological polar surface area (TPSA) is 85.9 Å². The number of hydrogen-bond donors (Lipinski definition) is 2. The number of carbonyl (C=O) groups is 2. The van der Waals surface area contributed by atoms with E-state index < -0.39 is 6.04 Å². The van der Waals surface area contributed by atoms with E-state index in [1.54, 1.807) is 19.1 Å². The van der Waals surface area contributed by atoms with Crippen LogP contribution < -0.4 is 24.8 Å². The van der Waals surface area contributed by atoms with Crippen LogP contribution in [0.15, 0.2) is 23.4 Å². The molecule has 23 heavy (non-hydrogen) atoms. The van der Waals surface area contributed by atoms with Gasteiger partial charge in [-0.05, 0) is 19.9 Å². The Morgan fingerprint density at radius 1 is 1.04 bits per heavy atom. The summed E-state index contributed by atoms with van der Waals surface area (Å²) >= 11 is 0. The average molecular weight is 320 g/mol. The number of ether oxygens (including phenoxy) is 3. The molecule has 1 aromatic carbocycles. The molecule has 1 aliphatic rings. The maximum absolute atomic E-state index is 12.0. The minimum atomic E-state index is -0.629. The molecule has 1 atom stereocenters. The Bertz CT molecular complexity index is 681. The quantitative estimate of drug-likeness (QED) is 0.866. The molecule has 1 aliphatic heterocycles. The van der Waals surface area contributed by atoms with Crippen LogP contribution in [-0.4, -0.2) is 33.1 Å². The molecule has 0 fully saturated rings. The van der Waals surface area contributed by atoms with E-state index in [2.05, 4.69) is 10.6 Å². The van der Waals surface area contributed by atoms with Gasteiger partial charge in [0.1, 0.15) is 5.75 Å². The number of amides is 2. The zero-order valence-electron chi connectivity index (χ0n) is 13.8. The van der Waals surface area contributed by atoms with E-state index in [1.807, 2.05) is 0 Å². The molecule has 1 unspecified atom stereocenters. The van der Waals surface area contributed by atoms with E-state index in [4.69, 9.17) is 14.2 Å². The van der Waals surface area contributed by atoms with Gasteiger partial charge in [-0.25, -0.2) is 4.79 Å². The van der Waals surface area contributed by atoms with Crippen LogP contribution in [0.25, 0.3) is 0 Å². The molecule has 7 heteroatoms. The van der Waals surface area contributed by atoms with Gasteiger partial charge < -0.3 is 24.8 Å². The fraction of sp³-hybridized carbons (Fsp3) is 0.375. The molecule has 2 amide bonds. The molecule has 1 aromatic rings. The highest BCUT2D eigenvalue weighted by Gasteiger charge is 2.32. The van der Waals surface area contributed by atoms with Crippen molar-refractivity contribution in [3.05, 3.63) is 29.0 Å². The molecular weight excluding hydrogens is 300 g/mol. The Hall–Kier alpha value is -2.70. The first-order valence-electron chi connectivity index (χ1n) is 7.02. The van der Waals surface area contributed by atoms with Gasteiger partial charge in [0.2, 0.25) is 0 Å². The van der Waals surface area contributed by atoms with Gasteiger partial charge in [0.05, 0.1) is 27.4 Å². The fourth-order valence-corrected chi connectivity index (χ4v) is 2.67. The molecule has 2 N–H and O–H groups in total. The van der Waals surface area contributed by atoms with Crippen molar-refractivity contribution in [1.82, 2.24) is 10.6 Å².